The second-order valence-corrected chi connectivity index (χ2v) is 2.92. The first-order chi connectivity index (χ1) is 8.30. The molecule has 0 bridgehead atoms. The van der Waals surface area contributed by atoms with Crippen molar-refractivity contribution in [2.24, 2.45) is 0 Å². The number of nitro groups is 1. The standard InChI is InChI=1S/C8H7F3N2O5/c1-17-7-4(3-14)6(18-8(9,10)11)5(2-12-7)13(15)16/h2,14H,3H2,1H3. The van der Waals surface area contributed by atoms with Crippen LogP contribution in [0.3, 0.4) is 0 Å². The van der Waals surface area contributed by atoms with Crippen LogP contribution in [0, 0.1) is 10.1 Å². The van der Waals surface area contributed by atoms with Crippen molar-refractivity contribution in [2.75, 3.05) is 7.11 Å². The summed E-state index contributed by atoms with van der Waals surface area (Å²) < 4.78 is 44.6. The first kappa shape index (κ1) is 14.0. The van der Waals surface area contributed by atoms with E-state index in [2.05, 4.69) is 14.5 Å². The number of aliphatic hydroxyl groups excluding tert-OH is 1. The Hall–Kier alpha value is -2.10. The molecule has 0 unspecified atom stereocenters. The Balaban J connectivity index is 3.43. The molecule has 1 aromatic heterocycles. The fourth-order valence-electron chi connectivity index (χ4n) is 1.18. The SMILES string of the molecule is COc1ncc([N+](=O)[O-])c(OC(F)(F)F)c1CO. The number of hydrogen-bond acceptors (Lipinski definition) is 6. The Morgan fingerprint density at radius 3 is 2.56 bits per heavy atom. The van der Waals surface area contributed by atoms with Crippen molar-refractivity contribution < 1.29 is 32.7 Å². The van der Waals surface area contributed by atoms with E-state index in [9.17, 15) is 23.3 Å². The van der Waals surface area contributed by atoms with Gasteiger partial charge >= 0.3 is 12.0 Å². The minimum atomic E-state index is -5.14. The second-order valence-electron chi connectivity index (χ2n) is 2.92. The van der Waals surface area contributed by atoms with Gasteiger partial charge < -0.3 is 14.6 Å². The van der Waals surface area contributed by atoms with E-state index in [0.29, 0.717) is 6.20 Å². The number of rotatable bonds is 4. The van der Waals surface area contributed by atoms with Crippen LogP contribution in [-0.2, 0) is 6.61 Å². The van der Waals surface area contributed by atoms with E-state index in [0.717, 1.165) is 7.11 Å². The number of nitrogens with zero attached hydrogens (tertiary/aromatic N) is 2. The Kier molecular flexibility index (Phi) is 3.91. The average Bonchev–Trinajstić information content (AvgIpc) is 2.25. The fourth-order valence-corrected chi connectivity index (χ4v) is 1.18. The van der Waals surface area contributed by atoms with Gasteiger partial charge in [0.2, 0.25) is 11.6 Å². The maximum absolute atomic E-state index is 12.1. The first-order valence-corrected chi connectivity index (χ1v) is 4.37. The van der Waals surface area contributed by atoms with Crippen LogP contribution < -0.4 is 9.47 Å². The lowest BCUT2D eigenvalue weighted by atomic mass is 10.2. The highest BCUT2D eigenvalue weighted by atomic mass is 19.4. The van der Waals surface area contributed by atoms with Crippen LogP contribution in [0.25, 0.3) is 0 Å². The minimum absolute atomic E-state index is 0.387. The topological polar surface area (TPSA) is 94.7 Å². The molecular formula is C8H7F3N2O5. The largest absolute Gasteiger partial charge is 0.573 e. The highest BCUT2D eigenvalue weighted by Crippen LogP contribution is 2.38. The fraction of sp³-hybridized carbons (Fsp3) is 0.375. The molecule has 0 aliphatic heterocycles. The zero-order chi connectivity index (χ0) is 13.9. The smallest absolute Gasteiger partial charge is 0.481 e. The van der Waals surface area contributed by atoms with Gasteiger partial charge in [-0.1, -0.05) is 0 Å². The molecule has 100 valence electrons. The van der Waals surface area contributed by atoms with Crippen LogP contribution in [0.15, 0.2) is 6.20 Å². The molecule has 0 aliphatic rings. The third-order valence-electron chi connectivity index (χ3n) is 1.83. The maximum atomic E-state index is 12.1. The Bertz CT molecular complexity index is 463. The van der Waals surface area contributed by atoms with Gasteiger partial charge in [-0.15, -0.1) is 13.2 Å². The predicted molar refractivity (Wildman–Crippen MR) is 50.0 cm³/mol. The van der Waals surface area contributed by atoms with Gasteiger partial charge in [0.1, 0.15) is 6.20 Å². The van der Waals surface area contributed by atoms with Gasteiger partial charge in [-0.05, 0) is 0 Å². The lowest BCUT2D eigenvalue weighted by Gasteiger charge is -2.13. The molecule has 0 spiro atoms. The highest BCUT2D eigenvalue weighted by molar-refractivity contribution is 5.53. The first-order valence-electron chi connectivity index (χ1n) is 4.37. The molecule has 1 rings (SSSR count). The van der Waals surface area contributed by atoms with Gasteiger partial charge in [0, 0.05) is 0 Å². The molecule has 18 heavy (non-hydrogen) atoms. The zero-order valence-electron chi connectivity index (χ0n) is 8.89. The second kappa shape index (κ2) is 5.04. The van der Waals surface area contributed by atoms with Crippen LogP contribution in [0.5, 0.6) is 11.6 Å². The van der Waals surface area contributed by atoms with Gasteiger partial charge in [-0.3, -0.25) is 10.1 Å². The van der Waals surface area contributed by atoms with Crippen LogP contribution >= 0.6 is 0 Å². The number of halogens is 3. The van der Waals surface area contributed by atoms with Gasteiger partial charge in [0.25, 0.3) is 0 Å². The number of aliphatic hydroxyl groups is 1. The lowest BCUT2D eigenvalue weighted by Crippen LogP contribution is -2.19. The number of ether oxygens (including phenoxy) is 2. The Morgan fingerprint density at radius 1 is 1.56 bits per heavy atom. The van der Waals surface area contributed by atoms with Crippen LogP contribution in [0.2, 0.25) is 0 Å². The van der Waals surface area contributed by atoms with Crippen LogP contribution in [-0.4, -0.2) is 28.5 Å². The molecule has 0 aromatic carbocycles. The van der Waals surface area contributed by atoms with Crippen LogP contribution in [0.1, 0.15) is 5.56 Å². The van der Waals surface area contributed by atoms with Gasteiger partial charge in [-0.25, -0.2) is 4.98 Å². The molecular weight excluding hydrogens is 261 g/mol. The molecule has 1 N–H and O–H groups in total. The van der Waals surface area contributed by atoms with Crippen LogP contribution in [0.4, 0.5) is 18.9 Å². The minimum Gasteiger partial charge on any atom is -0.481 e. The molecule has 0 amide bonds. The summed E-state index contributed by atoms with van der Waals surface area (Å²) in [5, 5.41) is 19.5. The van der Waals surface area contributed by atoms with Gasteiger partial charge in [0.15, 0.2) is 0 Å². The van der Waals surface area contributed by atoms with Crippen molar-refractivity contribution in [3.63, 3.8) is 0 Å². The molecule has 1 heterocycles. The number of hydrogen-bond donors (Lipinski definition) is 1. The van der Waals surface area contributed by atoms with E-state index in [1.807, 2.05) is 0 Å². The molecule has 7 nitrogen and oxygen atoms in total. The van der Waals surface area contributed by atoms with E-state index in [4.69, 9.17) is 5.11 Å². The average molecular weight is 268 g/mol. The summed E-state index contributed by atoms with van der Waals surface area (Å²) in [4.78, 5) is 12.9. The van der Waals surface area contributed by atoms with Gasteiger partial charge in [-0.2, -0.15) is 0 Å². The van der Waals surface area contributed by atoms with E-state index in [-0.39, 0.29) is 5.88 Å². The van der Waals surface area contributed by atoms with E-state index in [1.165, 1.54) is 0 Å². The van der Waals surface area contributed by atoms with Crippen molar-refractivity contribution in [3.8, 4) is 11.6 Å². The van der Waals surface area contributed by atoms with Crippen molar-refractivity contribution in [3.05, 3.63) is 21.9 Å². The monoisotopic (exact) mass is 268 g/mol. The summed E-state index contributed by atoms with van der Waals surface area (Å²) in [5.74, 6) is -1.52. The quantitative estimate of drug-likeness (QED) is 0.655. The van der Waals surface area contributed by atoms with E-state index < -0.39 is 34.9 Å². The third kappa shape index (κ3) is 2.97. The summed E-state index contributed by atoms with van der Waals surface area (Å²) in [6, 6.07) is 0. The molecule has 1 aromatic rings. The van der Waals surface area contributed by atoms with E-state index in [1.54, 1.807) is 0 Å². The molecule has 0 aliphatic carbocycles. The van der Waals surface area contributed by atoms with Crippen molar-refractivity contribution >= 4 is 5.69 Å². The molecule has 0 saturated carbocycles. The maximum Gasteiger partial charge on any atom is 0.573 e. The molecule has 0 radical (unpaired) electrons. The number of alkyl halides is 3. The zero-order valence-corrected chi connectivity index (χ0v) is 8.89. The Labute approximate surface area is 97.9 Å². The summed E-state index contributed by atoms with van der Waals surface area (Å²) >= 11 is 0. The Morgan fingerprint density at radius 2 is 2.17 bits per heavy atom. The summed E-state index contributed by atoms with van der Waals surface area (Å²) in [6.45, 7) is -0.955. The molecule has 0 fully saturated rings. The lowest BCUT2D eigenvalue weighted by molar-refractivity contribution is -0.389. The van der Waals surface area contributed by atoms with Gasteiger partial charge in [0.05, 0.1) is 24.2 Å². The normalized spacial score (nSPS) is 11.2. The highest BCUT2D eigenvalue weighted by Gasteiger charge is 2.37. The summed E-state index contributed by atoms with van der Waals surface area (Å²) in [6.07, 6.45) is -4.58. The molecule has 10 heteroatoms. The summed E-state index contributed by atoms with van der Waals surface area (Å²) in [7, 11) is 1.09. The van der Waals surface area contributed by atoms with E-state index >= 15 is 0 Å². The third-order valence-corrected chi connectivity index (χ3v) is 1.83. The van der Waals surface area contributed by atoms with Crippen molar-refractivity contribution in [1.29, 1.82) is 0 Å². The molecule has 0 saturated heterocycles. The summed E-state index contributed by atoms with van der Waals surface area (Å²) in [5.41, 5.74) is -1.57. The van der Waals surface area contributed by atoms with Crippen molar-refractivity contribution in [2.45, 2.75) is 13.0 Å². The predicted octanol–water partition coefficient (Wildman–Crippen LogP) is 1.39. The number of methoxy groups -OCH3 is 1. The van der Waals surface area contributed by atoms with Crippen molar-refractivity contribution in [1.82, 2.24) is 4.98 Å². The number of aromatic nitrogens is 1. The molecule has 0 atom stereocenters. The number of pyridine rings is 1.